The molecule has 0 unspecified atom stereocenters. The van der Waals surface area contributed by atoms with Crippen molar-refractivity contribution < 1.29 is 22.0 Å². The average Bonchev–Trinajstić information content (AvgIpc) is 2.52. The van der Waals surface area contributed by atoms with E-state index in [0.29, 0.717) is 11.8 Å². The Labute approximate surface area is 151 Å². The van der Waals surface area contributed by atoms with Gasteiger partial charge in [-0.05, 0) is 49.2 Å². The van der Waals surface area contributed by atoms with Gasteiger partial charge in [-0.15, -0.1) is 0 Å². The van der Waals surface area contributed by atoms with Crippen LogP contribution in [0.25, 0.3) is 0 Å². The molecule has 8 heteroatoms. The lowest BCUT2D eigenvalue weighted by Gasteiger charge is -2.23. The van der Waals surface area contributed by atoms with Crippen molar-refractivity contribution in [2.24, 2.45) is 0 Å². The second kappa shape index (κ2) is 7.82. The number of aryl methyl sites for hydroxylation is 2. The zero-order chi connectivity index (χ0) is 19.5. The molecule has 0 bridgehead atoms. The summed E-state index contributed by atoms with van der Waals surface area (Å²) in [5.41, 5.74) is 2.24. The number of hydrogen-bond donors (Lipinski definition) is 1. The quantitative estimate of drug-likeness (QED) is 0.833. The van der Waals surface area contributed by atoms with E-state index in [0.717, 1.165) is 33.8 Å². The van der Waals surface area contributed by atoms with Crippen molar-refractivity contribution in [3.05, 3.63) is 59.2 Å². The topological polar surface area (TPSA) is 66.5 Å². The van der Waals surface area contributed by atoms with E-state index in [1.807, 2.05) is 13.8 Å². The first kappa shape index (κ1) is 19.8. The van der Waals surface area contributed by atoms with E-state index in [-0.39, 0.29) is 18.7 Å². The Morgan fingerprint density at radius 2 is 1.77 bits per heavy atom. The molecule has 0 saturated carbocycles. The van der Waals surface area contributed by atoms with Gasteiger partial charge in [0.1, 0.15) is 11.6 Å². The van der Waals surface area contributed by atoms with Crippen LogP contribution in [-0.4, -0.2) is 27.1 Å². The number of carbonyl (C=O) groups excluding carboxylic acids is 1. The highest BCUT2D eigenvalue weighted by molar-refractivity contribution is 7.92. The maximum absolute atomic E-state index is 13.6. The van der Waals surface area contributed by atoms with Crippen LogP contribution in [0.3, 0.4) is 0 Å². The molecule has 0 saturated heterocycles. The second-order valence-corrected chi connectivity index (χ2v) is 7.93. The minimum absolute atomic E-state index is 0.101. The van der Waals surface area contributed by atoms with Crippen LogP contribution in [0, 0.1) is 25.5 Å². The van der Waals surface area contributed by atoms with Crippen LogP contribution in [0.1, 0.15) is 17.5 Å². The van der Waals surface area contributed by atoms with Crippen molar-refractivity contribution >= 4 is 27.3 Å². The number of nitrogens with one attached hydrogen (secondary N) is 1. The number of anilines is 2. The maximum Gasteiger partial charge on any atom is 0.232 e. The third kappa shape index (κ3) is 5.01. The standard InChI is InChI=1S/C18H20F2N2O3S/c1-12-4-6-15(10-13(12)2)22(26(3,24)25)9-8-18(23)21-17-7-5-14(19)11-16(17)20/h4-7,10-11H,8-9H2,1-3H3,(H,21,23). The maximum atomic E-state index is 13.6. The monoisotopic (exact) mass is 382 g/mol. The van der Waals surface area contributed by atoms with E-state index in [2.05, 4.69) is 5.32 Å². The fourth-order valence-electron chi connectivity index (χ4n) is 2.37. The van der Waals surface area contributed by atoms with Gasteiger partial charge in [-0.25, -0.2) is 17.2 Å². The van der Waals surface area contributed by atoms with E-state index in [1.54, 1.807) is 18.2 Å². The van der Waals surface area contributed by atoms with E-state index in [9.17, 15) is 22.0 Å². The van der Waals surface area contributed by atoms with Gasteiger partial charge in [-0.1, -0.05) is 6.07 Å². The summed E-state index contributed by atoms with van der Waals surface area (Å²) in [6.45, 7) is 3.67. The molecule has 2 aromatic rings. The highest BCUT2D eigenvalue weighted by Gasteiger charge is 2.19. The molecule has 0 spiro atoms. The Morgan fingerprint density at radius 3 is 2.35 bits per heavy atom. The molecule has 1 amide bonds. The zero-order valence-corrected chi connectivity index (χ0v) is 15.5. The Balaban J connectivity index is 2.12. The van der Waals surface area contributed by atoms with Gasteiger partial charge < -0.3 is 5.32 Å². The second-order valence-electron chi connectivity index (χ2n) is 6.03. The first-order chi connectivity index (χ1) is 12.1. The smallest absolute Gasteiger partial charge is 0.232 e. The van der Waals surface area contributed by atoms with Gasteiger partial charge in [0.05, 0.1) is 17.6 Å². The van der Waals surface area contributed by atoms with Crippen molar-refractivity contribution in [2.45, 2.75) is 20.3 Å². The van der Waals surface area contributed by atoms with Crippen molar-refractivity contribution in [3.8, 4) is 0 Å². The van der Waals surface area contributed by atoms with E-state index in [1.165, 1.54) is 0 Å². The molecule has 26 heavy (non-hydrogen) atoms. The molecular formula is C18H20F2N2O3S. The van der Waals surface area contributed by atoms with Gasteiger partial charge >= 0.3 is 0 Å². The molecule has 0 aliphatic rings. The Hall–Kier alpha value is -2.48. The van der Waals surface area contributed by atoms with Crippen LogP contribution in [0.2, 0.25) is 0 Å². The number of carbonyl (C=O) groups is 1. The summed E-state index contributed by atoms with van der Waals surface area (Å²) in [5, 5.41) is 2.31. The van der Waals surface area contributed by atoms with Crippen LogP contribution in [0.4, 0.5) is 20.2 Å². The molecule has 0 aromatic heterocycles. The number of nitrogens with zero attached hydrogens (tertiary/aromatic N) is 1. The van der Waals surface area contributed by atoms with Gasteiger partial charge in [0.15, 0.2) is 0 Å². The molecule has 140 valence electrons. The lowest BCUT2D eigenvalue weighted by Crippen LogP contribution is -2.33. The van der Waals surface area contributed by atoms with Crippen molar-refractivity contribution in [1.29, 1.82) is 0 Å². The average molecular weight is 382 g/mol. The van der Waals surface area contributed by atoms with Crippen LogP contribution in [0.15, 0.2) is 36.4 Å². The fraction of sp³-hybridized carbons (Fsp3) is 0.278. The number of benzene rings is 2. The highest BCUT2D eigenvalue weighted by atomic mass is 32.2. The molecule has 0 fully saturated rings. The predicted octanol–water partition coefficient (Wildman–Crippen LogP) is 3.38. The summed E-state index contributed by atoms with van der Waals surface area (Å²) in [6.07, 6.45) is 0.872. The number of hydrogen-bond acceptors (Lipinski definition) is 3. The number of amides is 1. The van der Waals surface area contributed by atoms with E-state index in [4.69, 9.17) is 0 Å². The molecule has 1 N–H and O–H groups in total. The van der Waals surface area contributed by atoms with Gasteiger partial charge in [-0.2, -0.15) is 0 Å². The number of rotatable bonds is 6. The highest BCUT2D eigenvalue weighted by Crippen LogP contribution is 2.22. The molecule has 2 aromatic carbocycles. The van der Waals surface area contributed by atoms with Crippen molar-refractivity contribution in [1.82, 2.24) is 0 Å². The van der Waals surface area contributed by atoms with Gasteiger partial charge in [0.2, 0.25) is 15.9 Å². The molecule has 0 aliphatic heterocycles. The zero-order valence-electron chi connectivity index (χ0n) is 14.7. The summed E-state index contributed by atoms with van der Waals surface area (Å²) < 4.78 is 51.8. The van der Waals surface area contributed by atoms with Gasteiger partial charge in [0, 0.05) is 19.0 Å². The first-order valence-electron chi connectivity index (χ1n) is 7.88. The SMILES string of the molecule is Cc1ccc(N(CCC(=O)Nc2ccc(F)cc2F)S(C)(=O)=O)cc1C. The lowest BCUT2D eigenvalue weighted by atomic mass is 10.1. The third-order valence-corrected chi connectivity index (χ3v) is 5.12. The summed E-state index contributed by atoms with van der Waals surface area (Å²) in [5.74, 6) is -2.22. The first-order valence-corrected chi connectivity index (χ1v) is 9.72. The Morgan fingerprint density at radius 1 is 1.08 bits per heavy atom. The minimum atomic E-state index is -3.60. The fourth-order valence-corrected chi connectivity index (χ4v) is 3.29. The molecule has 5 nitrogen and oxygen atoms in total. The molecular weight excluding hydrogens is 362 g/mol. The number of halogens is 2. The summed E-state index contributed by atoms with van der Waals surface area (Å²) in [7, 11) is -3.60. The summed E-state index contributed by atoms with van der Waals surface area (Å²) in [4.78, 5) is 12.0. The summed E-state index contributed by atoms with van der Waals surface area (Å²) >= 11 is 0. The van der Waals surface area contributed by atoms with Crippen LogP contribution < -0.4 is 9.62 Å². The van der Waals surface area contributed by atoms with Crippen LogP contribution in [-0.2, 0) is 14.8 Å². The lowest BCUT2D eigenvalue weighted by molar-refractivity contribution is -0.116. The Bertz CT molecular complexity index is 930. The minimum Gasteiger partial charge on any atom is -0.324 e. The third-order valence-electron chi connectivity index (χ3n) is 3.93. The van der Waals surface area contributed by atoms with Crippen molar-refractivity contribution in [3.63, 3.8) is 0 Å². The molecule has 0 heterocycles. The van der Waals surface area contributed by atoms with E-state index < -0.39 is 27.6 Å². The molecule has 2 rings (SSSR count). The summed E-state index contributed by atoms with van der Waals surface area (Å²) in [6, 6.07) is 8.00. The Kier molecular flexibility index (Phi) is 5.97. The van der Waals surface area contributed by atoms with Gasteiger partial charge in [0.25, 0.3) is 0 Å². The largest absolute Gasteiger partial charge is 0.324 e. The van der Waals surface area contributed by atoms with Gasteiger partial charge in [-0.3, -0.25) is 9.10 Å². The predicted molar refractivity (Wildman–Crippen MR) is 97.7 cm³/mol. The van der Waals surface area contributed by atoms with Crippen LogP contribution in [0.5, 0.6) is 0 Å². The molecule has 0 atom stereocenters. The van der Waals surface area contributed by atoms with E-state index >= 15 is 0 Å². The molecule has 0 aliphatic carbocycles. The van der Waals surface area contributed by atoms with Crippen molar-refractivity contribution in [2.75, 3.05) is 22.4 Å². The number of sulfonamides is 1. The molecule has 0 radical (unpaired) electrons. The normalized spacial score (nSPS) is 11.3. The van der Waals surface area contributed by atoms with Crippen LogP contribution >= 0.6 is 0 Å².